The Bertz CT molecular complexity index is 914. The van der Waals surface area contributed by atoms with E-state index in [4.69, 9.17) is 10.2 Å². The van der Waals surface area contributed by atoms with Gasteiger partial charge in [-0.1, -0.05) is 11.3 Å². The molecule has 2 N–H and O–H groups in total. The number of furan rings is 1. The zero-order valence-electron chi connectivity index (χ0n) is 13.1. The summed E-state index contributed by atoms with van der Waals surface area (Å²) in [4.78, 5) is 15.6. The van der Waals surface area contributed by atoms with Gasteiger partial charge in [0.25, 0.3) is 15.9 Å². The van der Waals surface area contributed by atoms with Gasteiger partial charge in [0.1, 0.15) is 4.88 Å². The first-order chi connectivity index (χ1) is 12.1. The van der Waals surface area contributed by atoms with Crippen LogP contribution >= 0.6 is 11.3 Å². The second-order valence-corrected chi connectivity index (χ2v) is 8.26. The van der Waals surface area contributed by atoms with E-state index in [1.807, 2.05) is 0 Å². The number of sulfonamides is 1. The largest absolute Gasteiger partial charge is 0.438 e. The Morgan fingerprint density at radius 3 is 2.38 bits per heavy atom. The molecule has 0 spiro atoms. The zero-order valence-corrected chi connectivity index (χ0v) is 14.7. The predicted octanol–water partition coefficient (Wildman–Crippen LogP) is 1.36. The van der Waals surface area contributed by atoms with Crippen molar-refractivity contribution < 1.29 is 30.8 Å². The van der Waals surface area contributed by atoms with Gasteiger partial charge in [0.15, 0.2) is 10.9 Å². The molecule has 1 fully saturated rings. The predicted molar refractivity (Wildman–Crippen MR) is 85.3 cm³/mol. The van der Waals surface area contributed by atoms with Crippen molar-refractivity contribution in [2.45, 2.75) is 11.3 Å². The summed E-state index contributed by atoms with van der Waals surface area (Å²) in [5.74, 6) is -1.16. The van der Waals surface area contributed by atoms with Gasteiger partial charge < -0.3 is 15.1 Å². The van der Waals surface area contributed by atoms with Gasteiger partial charge >= 0.3 is 6.18 Å². The van der Waals surface area contributed by atoms with E-state index in [1.165, 1.54) is 6.07 Å². The summed E-state index contributed by atoms with van der Waals surface area (Å²) in [7, 11) is -3.96. The maximum atomic E-state index is 12.7. The Morgan fingerprint density at radius 1 is 1.23 bits per heavy atom. The minimum atomic E-state index is -4.46. The van der Waals surface area contributed by atoms with Gasteiger partial charge in [0, 0.05) is 26.2 Å². The lowest BCUT2D eigenvalue weighted by atomic mass is 10.4. The molecule has 13 heteroatoms. The number of piperazine rings is 1. The molecule has 1 amide bonds. The second kappa shape index (κ2) is 6.55. The van der Waals surface area contributed by atoms with Gasteiger partial charge in [-0.05, 0) is 12.1 Å². The van der Waals surface area contributed by atoms with Crippen LogP contribution in [0.3, 0.4) is 0 Å². The van der Waals surface area contributed by atoms with Crippen molar-refractivity contribution in [3.05, 3.63) is 29.0 Å². The number of rotatable bonds is 4. The number of nitrogens with zero attached hydrogens (tertiary/aromatic N) is 3. The molecular formula is C13H13F3N4O4S2. The molecule has 1 aliphatic rings. The van der Waals surface area contributed by atoms with Crippen molar-refractivity contribution in [3.63, 3.8) is 0 Å². The van der Waals surface area contributed by atoms with Crippen LogP contribution in [0.2, 0.25) is 0 Å². The molecule has 0 aromatic carbocycles. The lowest BCUT2D eigenvalue weighted by Crippen LogP contribution is -2.48. The minimum Gasteiger partial charge on any atom is -0.438 e. The number of nitrogens with two attached hydrogens (primary N) is 1. The first-order valence-corrected chi connectivity index (χ1v) is 9.52. The number of alkyl halides is 3. The molecular weight excluding hydrogens is 397 g/mol. The van der Waals surface area contributed by atoms with Gasteiger partial charge in [-0.15, -0.1) is 0 Å². The SMILES string of the molecule is NC(=O)c1ccc(S(=O)(=O)N2CCN(c3ncc(C(F)(F)F)s3)CC2)o1. The molecule has 3 heterocycles. The molecule has 1 saturated heterocycles. The normalized spacial score (nSPS) is 16.8. The van der Waals surface area contributed by atoms with E-state index in [0.29, 0.717) is 11.3 Å². The number of anilines is 1. The summed E-state index contributed by atoms with van der Waals surface area (Å²) >= 11 is 0.510. The van der Waals surface area contributed by atoms with Crippen LogP contribution in [0, 0.1) is 0 Å². The van der Waals surface area contributed by atoms with E-state index in [9.17, 15) is 26.4 Å². The highest BCUT2D eigenvalue weighted by atomic mass is 32.2. The molecule has 2 aromatic heterocycles. The van der Waals surface area contributed by atoms with Crippen LogP contribution < -0.4 is 10.6 Å². The molecule has 2 aromatic rings. The van der Waals surface area contributed by atoms with Crippen molar-refractivity contribution in [2.24, 2.45) is 5.73 Å². The first-order valence-electron chi connectivity index (χ1n) is 7.27. The highest BCUT2D eigenvalue weighted by Gasteiger charge is 2.35. The fourth-order valence-electron chi connectivity index (χ4n) is 2.38. The van der Waals surface area contributed by atoms with Gasteiger partial charge in [0.2, 0.25) is 5.09 Å². The first kappa shape index (κ1) is 18.7. The summed E-state index contributed by atoms with van der Waals surface area (Å²) in [6, 6.07) is 2.30. The Hall–Kier alpha value is -2.12. The topological polar surface area (TPSA) is 110 Å². The molecule has 0 saturated carbocycles. The monoisotopic (exact) mass is 410 g/mol. The van der Waals surface area contributed by atoms with Gasteiger partial charge in [0.05, 0.1) is 6.20 Å². The quantitative estimate of drug-likeness (QED) is 0.815. The number of halogens is 3. The third-order valence-electron chi connectivity index (χ3n) is 3.70. The number of aromatic nitrogens is 1. The molecule has 0 atom stereocenters. The maximum Gasteiger partial charge on any atom is 0.427 e. The highest BCUT2D eigenvalue weighted by molar-refractivity contribution is 7.89. The standard InChI is InChI=1S/C13H13F3N4O4S2/c14-13(15,16)9-7-18-12(25-9)19-3-5-20(6-4-19)26(22,23)10-2-1-8(24-10)11(17)21/h1-2,7H,3-6H2,(H2,17,21). The Balaban J connectivity index is 1.69. The lowest BCUT2D eigenvalue weighted by Gasteiger charge is -2.33. The van der Waals surface area contributed by atoms with Crippen LogP contribution in [0.15, 0.2) is 27.8 Å². The van der Waals surface area contributed by atoms with Gasteiger partial charge in [-0.3, -0.25) is 4.79 Å². The molecule has 26 heavy (non-hydrogen) atoms. The zero-order chi connectivity index (χ0) is 19.1. The van der Waals surface area contributed by atoms with Crippen LogP contribution in [0.25, 0.3) is 0 Å². The summed E-state index contributed by atoms with van der Waals surface area (Å²) in [5, 5.41) is -0.225. The van der Waals surface area contributed by atoms with E-state index < -0.39 is 32.1 Å². The summed E-state index contributed by atoms with van der Waals surface area (Å²) < 4.78 is 69.1. The van der Waals surface area contributed by atoms with Crippen molar-refractivity contribution in [2.75, 3.05) is 31.1 Å². The van der Waals surface area contributed by atoms with E-state index in [-0.39, 0.29) is 37.1 Å². The van der Waals surface area contributed by atoms with Crippen LogP contribution in [-0.4, -0.2) is 49.8 Å². The highest BCUT2D eigenvalue weighted by Crippen LogP contribution is 2.36. The third-order valence-corrected chi connectivity index (χ3v) is 6.58. The van der Waals surface area contributed by atoms with E-state index >= 15 is 0 Å². The van der Waals surface area contributed by atoms with Crippen LogP contribution in [0.1, 0.15) is 15.4 Å². The summed E-state index contributed by atoms with van der Waals surface area (Å²) in [6.45, 7) is 0.423. The number of primary amides is 1. The average molecular weight is 410 g/mol. The van der Waals surface area contributed by atoms with Crippen LogP contribution in [0.5, 0.6) is 0 Å². The van der Waals surface area contributed by atoms with Crippen molar-refractivity contribution in [1.29, 1.82) is 0 Å². The lowest BCUT2D eigenvalue weighted by molar-refractivity contribution is -0.134. The molecule has 0 radical (unpaired) electrons. The Kier molecular flexibility index (Phi) is 4.71. The van der Waals surface area contributed by atoms with Crippen LogP contribution in [-0.2, 0) is 16.2 Å². The molecule has 0 bridgehead atoms. The molecule has 1 aliphatic heterocycles. The molecule has 0 unspecified atom stereocenters. The average Bonchev–Trinajstić information content (AvgIpc) is 3.24. The van der Waals surface area contributed by atoms with Gasteiger partial charge in [-0.25, -0.2) is 13.4 Å². The fourth-order valence-corrected chi connectivity index (χ4v) is 4.55. The van der Waals surface area contributed by atoms with Crippen molar-refractivity contribution in [1.82, 2.24) is 9.29 Å². The molecule has 3 rings (SSSR count). The van der Waals surface area contributed by atoms with Crippen LogP contribution in [0.4, 0.5) is 18.3 Å². The van der Waals surface area contributed by atoms with E-state index in [0.717, 1.165) is 16.6 Å². The third kappa shape index (κ3) is 3.54. The number of hydrogen-bond acceptors (Lipinski definition) is 7. The van der Waals surface area contributed by atoms with E-state index in [1.54, 1.807) is 4.90 Å². The molecule has 142 valence electrons. The Morgan fingerprint density at radius 2 is 1.88 bits per heavy atom. The van der Waals surface area contributed by atoms with Crippen molar-refractivity contribution >= 4 is 32.4 Å². The van der Waals surface area contributed by atoms with Gasteiger partial charge in [-0.2, -0.15) is 17.5 Å². The summed E-state index contributed by atoms with van der Waals surface area (Å²) in [5.41, 5.74) is 5.03. The second-order valence-electron chi connectivity index (χ2n) is 5.38. The Labute approximate surface area is 150 Å². The summed E-state index contributed by atoms with van der Waals surface area (Å²) in [6.07, 6.45) is -3.70. The number of hydrogen-bond donors (Lipinski definition) is 1. The maximum absolute atomic E-state index is 12.7. The minimum absolute atomic E-state index is 0.0376. The molecule has 0 aliphatic carbocycles. The number of carbonyl (C=O) groups is 1. The number of thiazole rings is 1. The fraction of sp³-hybridized carbons (Fsp3) is 0.385. The number of amides is 1. The smallest absolute Gasteiger partial charge is 0.427 e. The molecule has 8 nitrogen and oxygen atoms in total. The number of carbonyl (C=O) groups excluding carboxylic acids is 1. The van der Waals surface area contributed by atoms with E-state index in [2.05, 4.69) is 4.98 Å². The van der Waals surface area contributed by atoms with Crippen molar-refractivity contribution in [3.8, 4) is 0 Å².